The molecule has 0 bridgehead atoms. The second-order valence-corrected chi connectivity index (χ2v) is 9.25. The number of halogens is 1. The summed E-state index contributed by atoms with van der Waals surface area (Å²) in [6, 6.07) is 14.6. The Hall–Kier alpha value is -1.52. The molecule has 2 aromatic carbocycles. The zero-order valence-corrected chi connectivity index (χ0v) is 16.2. The smallest absolute Gasteiger partial charge is 0.180 e. The van der Waals surface area contributed by atoms with Crippen molar-refractivity contribution in [1.82, 2.24) is 0 Å². The number of rotatable bonds is 6. The van der Waals surface area contributed by atoms with Gasteiger partial charge in [-0.1, -0.05) is 30.3 Å². The summed E-state index contributed by atoms with van der Waals surface area (Å²) in [7, 11) is -1.68. The number of hydrogen-bond donors (Lipinski definition) is 0. The van der Waals surface area contributed by atoms with Gasteiger partial charge < -0.3 is 9.47 Å². The van der Waals surface area contributed by atoms with Gasteiger partial charge in [-0.05, 0) is 34.6 Å². The molecule has 1 heterocycles. The molecule has 1 aliphatic heterocycles. The lowest BCUT2D eigenvalue weighted by atomic mass is 10.1. The van der Waals surface area contributed by atoms with Crippen molar-refractivity contribution in [3.63, 3.8) is 0 Å². The van der Waals surface area contributed by atoms with E-state index in [2.05, 4.69) is 0 Å². The van der Waals surface area contributed by atoms with Crippen molar-refractivity contribution in [1.29, 1.82) is 0 Å². The summed E-state index contributed by atoms with van der Waals surface area (Å²) in [4.78, 5) is 1.36. The van der Waals surface area contributed by atoms with Crippen LogP contribution in [0.5, 0.6) is 11.5 Å². The molecule has 6 nitrogen and oxygen atoms in total. The lowest BCUT2D eigenvalue weighted by molar-refractivity contribution is -1.91. The van der Waals surface area contributed by atoms with Crippen LogP contribution in [-0.2, 0) is 3.74 Å². The molecule has 3 rings (SSSR count). The number of methoxy groups -OCH3 is 2. The lowest BCUT2D eigenvalue weighted by Crippen LogP contribution is -2.60. The van der Waals surface area contributed by atoms with Gasteiger partial charge in [-0.3, -0.25) is 0 Å². The van der Waals surface area contributed by atoms with E-state index in [0.717, 1.165) is 10.5 Å². The van der Waals surface area contributed by atoms with Crippen LogP contribution in [0, 0.1) is 10.2 Å². The molecule has 1 aliphatic rings. The molecule has 0 fully saturated rings. The summed E-state index contributed by atoms with van der Waals surface area (Å²) in [5, 5.41) is 0. The Morgan fingerprint density at radius 1 is 0.962 bits per heavy atom. The fourth-order valence-corrected chi connectivity index (χ4v) is 6.96. The van der Waals surface area contributed by atoms with Crippen LogP contribution >= 0.6 is 20.6 Å². The maximum atomic E-state index is 11.2. The summed E-state index contributed by atoms with van der Waals surface area (Å²) in [6.07, 6.45) is 1.81. The van der Waals surface area contributed by atoms with Crippen molar-refractivity contribution in [3.05, 3.63) is 65.7 Å². The second kappa shape index (κ2) is 8.01. The average Bonchev–Trinajstić information content (AvgIpc) is 3.03. The average molecular weight is 415 g/mol. The number of benzene rings is 2. The molecule has 0 N–H and O–H groups in total. The molecule has 1 unspecified atom stereocenters. The zero-order chi connectivity index (χ0) is 18.7. The molecule has 0 aliphatic carbocycles. The molecule has 0 saturated carbocycles. The van der Waals surface area contributed by atoms with E-state index in [1.807, 2.05) is 36.4 Å². The highest BCUT2D eigenvalue weighted by atomic mass is 35.7. The Kier molecular flexibility index (Phi) is 5.93. The maximum absolute atomic E-state index is 11.2. The summed E-state index contributed by atoms with van der Waals surface area (Å²) >= 11 is 0. The van der Waals surface area contributed by atoms with E-state index in [1.165, 1.54) is 25.0 Å². The third kappa shape index (κ3) is 4.41. The Balaban J connectivity index is 2.08. The van der Waals surface area contributed by atoms with Crippen LogP contribution in [0.3, 0.4) is 0 Å². The predicted octanol–water partition coefficient (Wildman–Crippen LogP) is 1.02. The van der Waals surface area contributed by atoms with E-state index in [1.54, 1.807) is 18.2 Å². The van der Waals surface area contributed by atoms with Gasteiger partial charge in [0.1, 0.15) is 15.2 Å². The molecular formula is C17H15ClO6S2. The van der Waals surface area contributed by atoms with Crippen LogP contribution in [0.1, 0.15) is 11.1 Å². The van der Waals surface area contributed by atoms with Crippen LogP contribution < -0.4 is 23.5 Å². The van der Waals surface area contributed by atoms with Gasteiger partial charge in [0, 0.05) is 16.5 Å². The normalized spacial score (nSPS) is 17.2. The van der Waals surface area contributed by atoms with Crippen molar-refractivity contribution in [2.24, 2.45) is 0 Å². The van der Waals surface area contributed by atoms with Crippen molar-refractivity contribution < 1.29 is 37.4 Å². The minimum absolute atomic E-state index is 0.492. The minimum atomic E-state index is -4.57. The predicted molar refractivity (Wildman–Crippen MR) is 94.3 cm³/mol. The molecule has 138 valence electrons. The van der Waals surface area contributed by atoms with Gasteiger partial charge in [0.25, 0.3) is 0 Å². The first-order chi connectivity index (χ1) is 12.4. The van der Waals surface area contributed by atoms with E-state index in [0.29, 0.717) is 21.9 Å². The highest BCUT2D eigenvalue weighted by molar-refractivity contribution is 8.85. The van der Waals surface area contributed by atoms with Gasteiger partial charge in [0.05, 0.1) is 29.3 Å². The van der Waals surface area contributed by atoms with Crippen LogP contribution in [0.4, 0.5) is 0 Å². The summed E-state index contributed by atoms with van der Waals surface area (Å²) in [5.41, 5.74) is 1.54. The van der Waals surface area contributed by atoms with Gasteiger partial charge in [-0.25, -0.2) is 0 Å². The van der Waals surface area contributed by atoms with Crippen molar-refractivity contribution in [2.45, 2.75) is 0 Å². The molecule has 0 saturated heterocycles. The molecule has 0 spiro atoms. The molecule has 0 aromatic heterocycles. The highest BCUT2D eigenvalue weighted by Crippen LogP contribution is 2.52. The first-order valence-corrected chi connectivity index (χ1v) is 11.0. The monoisotopic (exact) mass is 414 g/mol. The molecule has 0 amide bonds. The van der Waals surface area contributed by atoms with Crippen LogP contribution in [0.15, 0.2) is 54.6 Å². The Bertz CT molecular complexity index is 861. The molecule has 1 atom stereocenters. The van der Waals surface area contributed by atoms with Gasteiger partial charge in [0.15, 0.2) is 9.80 Å². The molecule has 26 heavy (non-hydrogen) atoms. The van der Waals surface area contributed by atoms with Crippen molar-refractivity contribution in [2.75, 3.05) is 14.2 Å². The van der Waals surface area contributed by atoms with Gasteiger partial charge in [-0.2, -0.15) is 14.0 Å². The standard InChI is InChI=1S/C17H15ClO6S2/c1-22-13-8-9-14(15(10-13)23-2)17-11-16(12-6-4-3-5-7-12)25-26(17)24-18(19,20)21/h3-11H,1-2H3. The summed E-state index contributed by atoms with van der Waals surface area (Å²) in [6.45, 7) is 0. The van der Waals surface area contributed by atoms with Crippen LogP contribution in [0.2, 0.25) is 0 Å². The topological polar surface area (TPSA) is 96.9 Å². The van der Waals surface area contributed by atoms with Crippen LogP contribution in [0.25, 0.3) is 4.91 Å². The van der Waals surface area contributed by atoms with Gasteiger partial charge in [0.2, 0.25) is 0 Å². The van der Waals surface area contributed by atoms with Crippen molar-refractivity contribution >= 4 is 30.4 Å². The minimum Gasteiger partial charge on any atom is -0.497 e. The lowest BCUT2D eigenvalue weighted by Gasteiger charge is -2.14. The third-order valence-electron chi connectivity index (χ3n) is 3.47. The molecule has 2 aromatic rings. The Labute approximate surface area is 159 Å². The fourth-order valence-electron chi connectivity index (χ4n) is 2.34. The van der Waals surface area contributed by atoms with E-state index in [-0.39, 0.29) is 0 Å². The quantitative estimate of drug-likeness (QED) is 0.514. The second-order valence-electron chi connectivity index (χ2n) is 5.06. The number of hydrogen-bond acceptors (Lipinski definition) is 7. The van der Waals surface area contributed by atoms with Gasteiger partial charge in [-0.15, -0.1) is 0 Å². The first-order valence-electron chi connectivity index (χ1n) is 7.31. The maximum Gasteiger partial charge on any atom is 0.180 e. The van der Waals surface area contributed by atoms with Crippen molar-refractivity contribution in [3.8, 4) is 11.5 Å². The highest BCUT2D eigenvalue weighted by Gasteiger charge is 2.32. The summed E-state index contributed by atoms with van der Waals surface area (Å²) < 4.78 is 48.9. The molecule has 0 radical (unpaired) electrons. The number of ether oxygens (including phenoxy) is 2. The fraction of sp³-hybridized carbons (Fsp3) is 0.118. The molecular weight excluding hydrogens is 400 g/mol. The first kappa shape index (κ1) is 19.2. The third-order valence-corrected chi connectivity index (χ3v) is 7.92. The van der Waals surface area contributed by atoms with E-state index in [4.69, 9.17) is 13.2 Å². The van der Waals surface area contributed by atoms with Gasteiger partial charge >= 0.3 is 0 Å². The summed E-state index contributed by atoms with van der Waals surface area (Å²) in [5.74, 6) is 1.09. The van der Waals surface area contributed by atoms with Crippen LogP contribution in [-0.4, -0.2) is 19.1 Å². The Morgan fingerprint density at radius 2 is 1.69 bits per heavy atom. The van der Waals surface area contributed by atoms with E-state index < -0.39 is 20.0 Å². The van der Waals surface area contributed by atoms with E-state index >= 15 is 0 Å². The SMILES string of the molecule is COc1ccc(C2=S(O[Cl+3]([O-])([O-])[O-])SC(c3ccccc3)=C2)c(OC)c1. The zero-order valence-electron chi connectivity index (χ0n) is 13.8. The number of allylic oxidation sites excluding steroid dienone is 1. The Morgan fingerprint density at radius 3 is 2.31 bits per heavy atom. The molecule has 9 heteroatoms. The largest absolute Gasteiger partial charge is 0.497 e. The van der Waals surface area contributed by atoms with E-state index in [9.17, 15) is 14.0 Å².